The zero-order chi connectivity index (χ0) is 18.3. The second-order valence-electron chi connectivity index (χ2n) is 7.08. The van der Waals surface area contributed by atoms with Gasteiger partial charge in [-0.3, -0.25) is 4.79 Å². The minimum absolute atomic E-state index is 0.0557. The van der Waals surface area contributed by atoms with Crippen LogP contribution in [0.2, 0.25) is 0 Å². The highest BCUT2D eigenvalue weighted by atomic mass is 16.5. The molecule has 2 aromatic carbocycles. The van der Waals surface area contributed by atoms with Gasteiger partial charge in [-0.15, -0.1) is 0 Å². The molecule has 1 unspecified atom stereocenters. The van der Waals surface area contributed by atoms with E-state index < -0.39 is 0 Å². The first-order valence-corrected chi connectivity index (χ1v) is 8.52. The average molecular weight is 341 g/mol. The third-order valence-electron chi connectivity index (χ3n) is 3.60. The van der Waals surface area contributed by atoms with Crippen LogP contribution in [-0.2, 0) is 16.1 Å². The van der Waals surface area contributed by atoms with E-state index in [1.165, 1.54) is 6.92 Å². The summed E-state index contributed by atoms with van der Waals surface area (Å²) < 4.78 is 11.4. The average Bonchev–Trinajstić information content (AvgIpc) is 2.57. The molecule has 0 heterocycles. The number of nitrogens with one attached hydrogen (secondary N) is 1. The lowest BCUT2D eigenvalue weighted by Crippen LogP contribution is -2.39. The molecular formula is C21H27NO3. The maximum atomic E-state index is 11.5. The number of carbonyl (C=O) groups excluding carboxylic acids is 1. The van der Waals surface area contributed by atoms with Crippen molar-refractivity contribution >= 4 is 5.97 Å². The standard InChI is InChI=1S/C21H27NO3/c1-16(23)25-20(14-22-21(2,3)4)18-11-8-12-19(13-18)24-15-17-9-6-5-7-10-17/h5-13,20,22H,14-15H2,1-4H3. The van der Waals surface area contributed by atoms with Gasteiger partial charge in [0.15, 0.2) is 0 Å². The van der Waals surface area contributed by atoms with Gasteiger partial charge in [0, 0.05) is 19.0 Å². The molecule has 0 aliphatic rings. The van der Waals surface area contributed by atoms with E-state index in [9.17, 15) is 4.79 Å². The van der Waals surface area contributed by atoms with Crippen LogP contribution in [0.4, 0.5) is 0 Å². The van der Waals surface area contributed by atoms with Crippen molar-refractivity contribution < 1.29 is 14.3 Å². The number of esters is 1. The van der Waals surface area contributed by atoms with Gasteiger partial charge in [0.2, 0.25) is 0 Å². The van der Waals surface area contributed by atoms with Gasteiger partial charge in [-0.2, -0.15) is 0 Å². The molecule has 1 N–H and O–H groups in total. The maximum absolute atomic E-state index is 11.5. The van der Waals surface area contributed by atoms with E-state index in [-0.39, 0.29) is 17.6 Å². The Balaban J connectivity index is 2.08. The van der Waals surface area contributed by atoms with Crippen LogP contribution in [0.15, 0.2) is 54.6 Å². The minimum Gasteiger partial charge on any atom is -0.489 e. The van der Waals surface area contributed by atoms with Gasteiger partial charge in [0.05, 0.1) is 0 Å². The highest BCUT2D eigenvalue weighted by Gasteiger charge is 2.19. The largest absolute Gasteiger partial charge is 0.489 e. The molecule has 2 aromatic rings. The molecule has 1 atom stereocenters. The fourth-order valence-electron chi connectivity index (χ4n) is 2.37. The molecule has 0 spiro atoms. The van der Waals surface area contributed by atoms with Crippen molar-refractivity contribution in [3.05, 3.63) is 65.7 Å². The quantitative estimate of drug-likeness (QED) is 0.765. The molecule has 25 heavy (non-hydrogen) atoms. The Labute approximate surface area is 150 Å². The van der Waals surface area contributed by atoms with Crippen molar-refractivity contribution in [2.75, 3.05) is 6.54 Å². The summed E-state index contributed by atoms with van der Waals surface area (Å²) in [7, 11) is 0. The van der Waals surface area contributed by atoms with Crippen LogP contribution in [0, 0.1) is 0 Å². The smallest absolute Gasteiger partial charge is 0.303 e. The van der Waals surface area contributed by atoms with Gasteiger partial charge < -0.3 is 14.8 Å². The Morgan fingerprint density at radius 3 is 2.44 bits per heavy atom. The molecule has 0 fully saturated rings. The van der Waals surface area contributed by atoms with Gasteiger partial charge in [0.25, 0.3) is 0 Å². The van der Waals surface area contributed by atoms with Gasteiger partial charge in [0.1, 0.15) is 18.5 Å². The van der Waals surface area contributed by atoms with Crippen molar-refractivity contribution in [3.63, 3.8) is 0 Å². The normalized spacial score (nSPS) is 12.5. The summed E-state index contributed by atoms with van der Waals surface area (Å²) in [5.74, 6) is 0.463. The Morgan fingerprint density at radius 1 is 1.08 bits per heavy atom. The molecule has 0 saturated carbocycles. The molecular weight excluding hydrogens is 314 g/mol. The monoisotopic (exact) mass is 341 g/mol. The summed E-state index contributed by atoms with van der Waals surface area (Å²) in [6.07, 6.45) is -0.350. The molecule has 0 saturated heterocycles. The zero-order valence-corrected chi connectivity index (χ0v) is 15.4. The molecule has 4 heteroatoms. The topological polar surface area (TPSA) is 47.6 Å². The number of hydrogen-bond acceptors (Lipinski definition) is 4. The van der Waals surface area contributed by atoms with Crippen LogP contribution >= 0.6 is 0 Å². The molecule has 0 amide bonds. The van der Waals surface area contributed by atoms with Crippen LogP contribution in [0.25, 0.3) is 0 Å². The second-order valence-corrected chi connectivity index (χ2v) is 7.08. The van der Waals surface area contributed by atoms with Crippen LogP contribution < -0.4 is 10.1 Å². The SMILES string of the molecule is CC(=O)OC(CNC(C)(C)C)c1cccc(OCc2ccccc2)c1. The van der Waals surface area contributed by atoms with Gasteiger partial charge in [-0.25, -0.2) is 0 Å². The van der Waals surface area contributed by atoms with Crippen LogP contribution in [0.1, 0.15) is 44.9 Å². The van der Waals surface area contributed by atoms with Crippen molar-refractivity contribution in [2.24, 2.45) is 0 Å². The summed E-state index contributed by atoms with van der Waals surface area (Å²) >= 11 is 0. The fourth-order valence-corrected chi connectivity index (χ4v) is 2.37. The number of ether oxygens (including phenoxy) is 2. The van der Waals surface area contributed by atoms with E-state index in [0.717, 1.165) is 16.9 Å². The minimum atomic E-state index is -0.350. The van der Waals surface area contributed by atoms with Crippen LogP contribution in [-0.4, -0.2) is 18.1 Å². The predicted molar refractivity (Wildman–Crippen MR) is 99.5 cm³/mol. The number of hydrogen-bond donors (Lipinski definition) is 1. The first-order valence-electron chi connectivity index (χ1n) is 8.52. The Kier molecular flexibility index (Phi) is 6.59. The molecule has 4 nitrogen and oxygen atoms in total. The molecule has 0 aliphatic heterocycles. The van der Waals surface area contributed by atoms with Crippen LogP contribution in [0.5, 0.6) is 5.75 Å². The van der Waals surface area contributed by atoms with E-state index in [2.05, 4.69) is 26.1 Å². The van der Waals surface area contributed by atoms with Gasteiger partial charge in [-0.05, 0) is 44.0 Å². The molecule has 0 aromatic heterocycles. The van der Waals surface area contributed by atoms with Gasteiger partial charge >= 0.3 is 5.97 Å². The fraction of sp³-hybridized carbons (Fsp3) is 0.381. The summed E-state index contributed by atoms with van der Waals surface area (Å²) in [5, 5.41) is 3.39. The van der Waals surface area contributed by atoms with Crippen molar-refractivity contribution in [1.82, 2.24) is 5.32 Å². The van der Waals surface area contributed by atoms with E-state index in [1.54, 1.807) is 0 Å². The first-order chi connectivity index (χ1) is 11.8. The van der Waals surface area contributed by atoms with E-state index >= 15 is 0 Å². The molecule has 0 bridgehead atoms. The molecule has 2 rings (SSSR count). The molecule has 0 aliphatic carbocycles. The van der Waals surface area contributed by atoms with E-state index in [1.807, 2.05) is 54.6 Å². The lowest BCUT2D eigenvalue weighted by molar-refractivity contribution is -0.146. The maximum Gasteiger partial charge on any atom is 0.303 e. The summed E-state index contributed by atoms with van der Waals surface area (Å²) in [5.41, 5.74) is 1.97. The van der Waals surface area contributed by atoms with Crippen molar-refractivity contribution in [2.45, 2.75) is 45.9 Å². The summed E-state index contributed by atoms with van der Waals surface area (Å²) in [6, 6.07) is 17.7. The lowest BCUT2D eigenvalue weighted by atomic mass is 10.1. The highest BCUT2D eigenvalue weighted by molar-refractivity contribution is 5.66. The number of benzene rings is 2. The van der Waals surface area contributed by atoms with E-state index in [0.29, 0.717) is 13.2 Å². The third kappa shape index (κ3) is 6.98. The van der Waals surface area contributed by atoms with E-state index in [4.69, 9.17) is 9.47 Å². The van der Waals surface area contributed by atoms with Crippen LogP contribution in [0.3, 0.4) is 0 Å². The summed E-state index contributed by atoms with van der Waals surface area (Å²) in [4.78, 5) is 11.5. The first kappa shape index (κ1) is 19.0. The highest BCUT2D eigenvalue weighted by Crippen LogP contribution is 2.23. The molecule has 134 valence electrons. The zero-order valence-electron chi connectivity index (χ0n) is 15.4. The number of carbonyl (C=O) groups is 1. The number of rotatable bonds is 7. The van der Waals surface area contributed by atoms with Crippen molar-refractivity contribution in [1.29, 1.82) is 0 Å². The Hall–Kier alpha value is -2.33. The summed E-state index contributed by atoms with van der Waals surface area (Å²) in [6.45, 7) is 8.72. The van der Waals surface area contributed by atoms with Gasteiger partial charge in [-0.1, -0.05) is 42.5 Å². The lowest BCUT2D eigenvalue weighted by Gasteiger charge is -2.25. The predicted octanol–water partition coefficient (Wildman–Crippen LogP) is 4.26. The molecule has 0 radical (unpaired) electrons. The van der Waals surface area contributed by atoms with Crippen molar-refractivity contribution in [3.8, 4) is 5.75 Å². The second kappa shape index (κ2) is 8.67. The Morgan fingerprint density at radius 2 is 1.80 bits per heavy atom. The Bertz CT molecular complexity index is 677. The third-order valence-corrected chi connectivity index (χ3v) is 3.60.